The average Bonchev–Trinajstić information content (AvgIpc) is 2.64. The number of ether oxygens (including phenoxy) is 1. The van der Waals surface area contributed by atoms with Gasteiger partial charge in [-0.2, -0.15) is 4.73 Å². The zero-order valence-electron chi connectivity index (χ0n) is 14.6. The molecule has 0 saturated carbocycles. The monoisotopic (exact) mass is 340 g/mol. The number of methoxy groups -OCH3 is 1. The molecular formula is C20H24N2O3. The highest BCUT2D eigenvalue weighted by Crippen LogP contribution is 2.43. The van der Waals surface area contributed by atoms with Crippen molar-refractivity contribution in [2.75, 3.05) is 20.2 Å². The average molecular weight is 340 g/mol. The van der Waals surface area contributed by atoms with Gasteiger partial charge in [-0.15, -0.1) is 6.58 Å². The lowest BCUT2D eigenvalue weighted by atomic mass is 9.74. The quantitative estimate of drug-likeness (QED) is 0.372. The number of piperidine rings is 3. The van der Waals surface area contributed by atoms with Gasteiger partial charge < -0.3 is 19.8 Å². The van der Waals surface area contributed by atoms with Crippen LogP contribution in [0.5, 0.6) is 5.75 Å². The van der Waals surface area contributed by atoms with E-state index >= 15 is 0 Å². The number of rotatable bonds is 4. The molecule has 4 unspecified atom stereocenters. The Morgan fingerprint density at radius 3 is 2.96 bits per heavy atom. The first-order valence-electron chi connectivity index (χ1n) is 8.93. The van der Waals surface area contributed by atoms with Crippen LogP contribution in [0.1, 0.15) is 18.4 Å². The smallest absolute Gasteiger partial charge is 0.224 e. The predicted molar refractivity (Wildman–Crippen MR) is 96.7 cm³/mol. The van der Waals surface area contributed by atoms with E-state index in [1.807, 2.05) is 18.2 Å². The van der Waals surface area contributed by atoms with Crippen molar-refractivity contribution in [2.45, 2.75) is 25.3 Å². The fourth-order valence-electron chi connectivity index (χ4n) is 4.73. The second-order valence-corrected chi connectivity index (χ2v) is 7.45. The van der Waals surface area contributed by atoms with E-state index in [4.69, 9.17) is 4.74 Å². The third kappa shape index (κ3) is 2.68. The highest BCUT2D eigenvalue weighted by molar-refractivity contribution is 5.81. The molecule has 25 heavy (non-hydrogen) atoms. The largest absolute Gasteiger partial charge is 0.633 e. The number of hydrogen-bond donors (Lipinski definition) is 0. The molecule has 0 N–H and O–H groups in total. The first kappa shape index (κ1) is 16.4. The molecule has 1 aromatic carbocycles. The van der Waals surface area contributed by atoms with Gasteiger partial charge in [0, 0.05) is 37.3 Å². The van der Waals surface area contributed by atoms with Crippen LogP contribution in [0, 0.1) is 22.3 Å². The molecule has 5 heteroatoms. The molecule has 0 aliphatic carbocycles. The Balaban J connectivity index is 1.69. The lowest BCUT2D eigenvalue weighted by molar-refractivity contribution is -0.925. The van der Waals surface area contributed by atoms with Crippen LogP contribution in [0.2, 0.25) is 0 Å². The Kier molecular flexibility index (Phi) is 3.93. The normalized spacial score (nSPS) is 31.2. The SMILES string of the molecule is C=CC1C[N+]2([O-])CCC1CC2Cc1cc[n+]([O-])c2ccc(OC)cc12. The first-order valence-corrected chi connectivity index (χ1v) is 8.93. The van der Waals surface area contributed by atoms with Gasteiger partial charge in [-0.25, -0.2) is 0 Å². The molecule has 3 fully saturated rings. The van der Waals surface area contributed by atoms with Crippen molar-refractivity contribution >= 4 is 10.9 Å². The van der Waals surface area contributed by atoms with E-state index in [1.165, 1.54) is 0 Å². The van der Waals surface area contributed by atoms with Crippen molar-refractivity contribution in [2.24, 2.45) is 11.8 Å². The number of aromatic nitrogens is 1. The summed E-state index contributed by atoms with van der Waals surface area (Å²) in [7, 11) is 1.62. The van der Waals surface area contributed by atoms with Gasteiger partial charge in [0.25, 0.3) is 0 Å². The summed E-state index contributed by atoms with van der Waals surface area (Å²) in [4.78, 5) is 0. The van der Waals surface area contributed by atoms with Crippen molar-refractivity contribution in [1.82, 2.24) is 0 Å². The van der Waals surface area contributed by atoms with E-state index in [0.29, 0.717) is 36.9 Å². The number of fused-ring (bicyclic) bond motifs is 4. The van der Waals surface area contributed by atoms with E-state index in [-0.39, 0.29) is 10.7 Å². The number of hydrogen-bond acceptors (Lipinski definition) is 3. The summed E-state index contributed by atoms with van der Waals surface area (Å²) in [5.41, 5.74) is 1.68. The van der Waals surface area contributed by atoms with Gasteiger partial charge >= 0.3 is 0 Å². The molecule has 3 aliphatic heterocycles. The van der Waals surface area contributed by atoms with Crippen molar-refractivity contribution < 1.29 is 14.1 Å². The Morgan fingerprint density at radius 1 is 1.40 bits per heavy atom. The summed E-state index contributed by atoms with van der Waals surface area (Å²) in [6, 6.07) is 7.40. The number of pyridine rings is 1. The van der Waals surface area contributed by atoms with Crippen LogP contribution < -0.4 is 9.47 Å². The van der Waals surface area contributed by atoms with Crippen LogP contribution in [0.25, 0.3) is 10.9 Å². The van der Waals surface area contributed by atoms with Crippen LogP contribution >= 0.6 is 0 Å². The highest BCUT2D eigenvalue weighted by Gasteiger charge is 2.46. The molecule has 5 rings (SSSR count). The molecule has 0 spiro atoms. The molecule has 1 aromatic heterocycles. The number of quaternary nitrogens is 1. The molecule has 4 heterocycles. The van der Waals surface area contributed by atoms with Gasteiger partial charge in [0.05, 0.1) is 31.6 Å². The molecule has 0 amide bonds. The van der Waals surface area contributed by atoms with Gasteiger partial charge in [-0.3, -0.25) is 0 Å². The fraction of sp³-hybridized carbons (Fsp3) is 0.450. The molecule has 132 valence electrons. The van der Waals surface area contributed by atoms with Gasteiger partial charge in [0.1, 0.15) is 5.75 Å². The summed E-state index contributed by atoms with van der Waals surface area (Å²) in [5.74, 6) is 1.65. The summed E-state index contributed by atoms with van der Waals surface area (Å²) < 4.78 is 6.07. The van der Waals surface area contributed by atoms with E-state index in [2.05, 4.69) is 6.58 Å². The lowest BCUT2D eigenvalue weighted by Gasteiger charge is -2.60. The zero-order chi connectivity index (χ0) is 17.6. The molecule has 3 saturated heterocycles. The number of nitrogens with zero attached hydrogens (tertiary/aromatic N) is 2. The summed E-state index contributed by atoms with van der Waals surface area (Å²) >= 11 is 0. The second-order valence-electron chi connectivity index (χ2n) is 7.45. The zero-order valence-corrected chi connectivity index (χ0v) is 14.6. The van der Waals surface area contributed by atoms with E-state index in [1.54, 1.807) is 25.4 Å². The van der Waals surface area contributed by atoms with Crippen molar-refractivity contribution in [3.63, 3.8) is 0 Å². The Hall–Kier alpha value is -2.11. The lowest BCUT2D eigenvalue weighted by Crippen LogP contribution is -2.63. The summed E-state index contributed by atoms with van der Waals surface area (Å²) in [6.07, 6.45) is 6.16. The Morgan fingerprint density at radius 2 is 2.24 bits per heavy atom. The first-order chi connectivity index (χ1) is 12.0. The van der Waals surface area contributed by atoms with E-state index < -0.39 is 0 Å². The third-order valence-corrected chi connectivity index (χ3v) is 6.20. The van der Waals surface area contributed by atoms with E-state index in [0.717, 1.165) is 34.3 Å². The van der Waals surface area contributed by atoms with Crippen LogP contribution in [-0.2, 0) is 6.42 Å². The van der Waals surface area contributed by atoms with Crippen LogP contribution in [-0.4, -0.2) is 30.9 Å². The minimum atomic E-state index is -0.120. The Bertz CT molecular complexity index is 822. The third-order valence-electron chi connectivity index (χ3n) is 6.20. The van der Waals surface area contributed by atoms with Gasteiger partial charge in [-0.1, -0.05) is 6.08 Å². The number of hydroxylamine groups is 3. The minimum absolute atomic E-state index is 0.0619. The maximum atomic E-state index is 13.4. The standard InChI is InChI=1S/C20H24N2O3/c1-3-14-13-22(24)9-7-15(14)10-17(22)11-16-6-8-21(23)20-5-4-18(25-2)12-19(16)20/h3-6,8,12,14-15,17H,1,7,9-11,13H2,2H3. The second kappa shape index (κ2) is 6.00. The molecule has 3 aliphatic rings. The molecule has 5 nitrogen and oxygen atoms in total. The van der Waals surface area contributed by atoms with Crippen molar-refractivity contribution in [1.29, 1.82) is 0 Å². The summed E-state index contributed by atoms with van der Waals surface area (Å²) in [6.45, 7) is 5.26. The van der Waals surface area contributed by atoms with Crippen LogP contribution in [0.15, 0.2) is 43.1 Å². The highest BCUT2D eigenvalue weighted by atomic mass is 16.5. The molecular weight excluding hydrogens is 316 g/mol. The maximum absolute atomic E-state index is 13.4. The predicted octanol–water partition coefficient (Wildman–Crippen LogP) is 2.93. The molecule has 0 radical (unpaired) electrons. The van der Waals surface area contributed by atoms with Gasteiger partial charge in [0.15, 0.2) is 6.20 Å². The van der Waals surface area contributed by atoms with Crippen molar-refractivity contribution in [3.05, 3.63) is 59.1 Å². The Labute approximate surface area is 147 Å². The van der Waals surface area contributed by atoms with Gasteiger partial charge in [0.2, 0.25) is 5.52 Å². The molecule has 4 atom stereocenters. The van der Waals surface area contributed by atoms with E-state index in [9.17, 15) is 10.4 Å². The maximum Gasteiger partial charge on any atom is 0.224 e. The van der Waals surface area contributed by atoms with Gasteiger partial charge in [-0.05, 0) is 23.6 Å². The topological polar surface area (TPSA) is 59.2 Å². The van der Waals surface area contributed by atoms with Crippen LogP contribution in [0.4, 0.5) is 0 Å². The fourth-order valence-corrected chi connectivity index (χ4v) is 4.73. The van der Waals surface area contributed by atoms with Crippen LogP contribution in [0.3, 0.4) is 0 Å². The summed E-state index contributed by atoms with van der Waals surface area (Å²) in [5, 5.41) is 26.3. The molecule has 2 bridgehead atoms. The minimum Gasteiger partial charge on any atom is -0.633 e. The van der Waals surface area contributed by atoms with Crippen molar-refractivity contribution in [3.8, 4) is 5.75 Å². The number of benzene rings is 1. The molecule has 2 aromatic rings.